The molecule has 0 fully saturated rings. The monoisotopic (exact) mass is 394 g/mol. The minimum atomic E-state index is -1.15. The van der Waals surface area contributed by atoms with Gasteiger partial charge in [0.15, 0.2) is 0 Å². The van der Waals surface area contributed by atoms with E-state index in [0.29, 0.717) is 0 Å². The fraction of sp³-hybridized carbons (Fsp3) is 0.444. The van der Waals surface area contributed by atoms with Crippen LogP contribution in [0.2, 0.25) is 0 Å². The molecule has 0 unspecified atom stereocenters. The number of hydrogen-bond acceptors (Lipinski definition) is 6. The van der Waals surface area contributed by atoms with Crippen molar-refractivity contribution in [2.24, 2.45) is 5.73 Å². The van der Waals surface area contributed by atoms with E-state index in [1.807, 2.05) is 6.07 Å². The predicted octanol–water partition coefficient (Wildman–Crippen LogP) is 1.10. The molecule has 10 heteroatoms. The lowest BCUT2D eigenvalue weighted by Crippen LogP contribution is -2.53. The first-order valence-corrected chi connectivity index (χ1v) is 8.61. The van der Waals surface area contributed by atoms with Crippen LogP contribution in [0.5, 0.6) is 0 Å². The van der Waals surface area contributed by atoms with Crippen LogP contribution in [0.25, 0.3) is 0 Å². The van der Waals surface area contributed by atoms with E-state index in [4.69, 9.17) is 15.2 Å². The van der Waals surface area contributed by atoms with Gasteiger partial charge in [-0.25, -0.2) is 15.0 Å². The number of ether oxygens (including phenoxy) is 2. The fourth-order valence-electron chi connectivity index (χ4n) is 1.97. The molecule has 0 aliphatic rings. The quantitative estimate of drug-likeness (QED) is 0.509. The number of carbonyl (C=O) groups is 4. The van der Waals surface area contributed by atoms with E-state index in [1.54, 1.807) is 45.0 Å². The Kier molecular flexibility index (Phi) is 8.73. The summed E-state index contributed by atoms with van der Waals surface area (Å²) in [6.07, 6.45) is -1.95. The van der Waals surface area contributed by atoms with E-state index in [-0.39, 0.29) is 19.4 Å². The molecule has 0 aliphatic heterocycles. The molecule has 0 heterocycles. The van der Waals surface area contributed by atoms with Crippen molar-refractivity contribution in [1.82, 2.24) is 16.2 Å². The third kappa shape index (κ3) is 10.00. The maximum atomic E-state index is 12.2. The molecular formula is C18H26N4O6. The Morgan fingerprint density at radius 1 is 1.04 bits per heavy atom. The van der Waals surface area contributed by atoms with Gasteiger partial charge in [-0.1, -0.05) is 30.3 Å². The Morgan fingerprint density at radius 3 is 2.25 bits per heavy atom. The largest absolute Gasteiger partial charge is 0.445 e. The average molecular weight is 394 g/mol. The highest BCUT2D eigenvalue weighted by Gasteiger charge is 2.23. The summed E-state index contributed by atoms with van der Waals surface area (Å²) < 4.78 is 10.0. The number of carbonyl (C=O) groups excluding carboxylic acids is 4. The molecule has 1 aromatic carbocycles. The molecule has 0 saturated carbocycles. The van der Waals surface area contributed by atoms with Crippen molar-refractivity contribution < 1.29 is 28.7 Å². The van der Waals surface area contributed by atoms with Crippen molar-refractivity contribution >= 4 is 24.0 Å². The third-order valence-electron chi connectivity index (χ3n) is 3.19. The van der Waals surface area contributed by atoms with Crippen LogP contribution in [0.1, 0.15) is 39.2 Å². The zero-order valence-electron chi connectivity index (χ0n) is 16.1. The Hall–Kier alpha value is -3.30. The normalized spacial score (nSPS) is 11.7. The van der Waals surface area contributed by atoms with Crippen LogP contribution in [0.15, 0.2) is 30.3 Å². The number of alkyl carbamates (subject to hydrolysis) is 1. The number of hydrogen-bond donors (Lipinski definition) is 4. The van der Waals surface area contributed by atoms with Gasteiger partial charge >= 0.3 is 12.2 Å². The van der Waals surface area contributed by atoms with Crippen LogP contribution in [-0.2, 0) is 25.7 Å². The first-order chi connectivity index (χ1) is 13.1. The Labute approximate surface area is 163 Å². The molecule has 5 N–H and O–H groups in total. The van der Waals surface area contributed by atoms with E-state index < -0.39 is 35.6 Å². The van der Waals surface area contributed by atoms with E-state index in [0.717, 1.165) is 5.56 Å². The van der Waals surface area contributed by atoms with Crippen LogP contribution < -0.4 is 21.9 Å². The second kappa shape index (κ2) is 10.8. The van der Waals surface area contributed by atoms with Gasteiger partial charge in [0.25, 0.3) is 5.91 Å². The van der Waals surface area contributed by atoms with Gasteiger partial charge in [-0.3, -0.25) is 15.0 Å². The highest BCUT2D eigenvalue weighted by atomic mass is 16.6. The summed E-state index contributed by atoms with van der Waals surface area (Å²) in [4.78, 5) is 46.8. The lowest BCUT2D eigenvalue weighted by atomic mass is 10.1. The zero-order chi connectivity index (χ0) is 21.2. The molecule has 1 atom stereocenters. The molecular weight excluding hydrogens is 368 g/mol. The molecule has 10 nitrogen and oxygen atoms in total. The highest BCUT2D eigenvalue weighted by molar-refractivity contribution is 5.87. The van der Waals surface area contributed by atoms with Gasteiger partial charge < -0.3 is 20.5 Å². The first kappa shape index (κ1) is 22.7. The third-order valence-corrected chi connectivity index (χ3v) is 3.19. The summed E-state index contributed by atoms with van der Waals surface area (Å²) in [5.74, 6) is -1.40. The maximum Gasteiger partial charge on any atom is 0.426 e. The van der Waals surface area contributed by atoms with Gasteiger partial charge in [-0.2, -0.15) is 0 Å². The lowest BCUT2D eigenvalue weighted by molar-refractivity contribution is -0.124. The number of amides is 4. The topological polar surface area (TPSA) is 149 Å². The van der Waals surface area contributed by atoms with Crippen LogP contribution in [0, 0.1) is 0 Å². The fourth-order valence-corrected chi connectivity index (χ4v) is 1.97. The molecule has 28 heavy (non-hydrogen) atoms. The minimum absolute atomic E-state index is 0.00693. The summed E-state index contributed by atoms with van der Waals surface area (Å²) >= 11 is 0. The van der Waals surface area contributed by atoms with Crippen molar-refractivity contribution in [3.8, 4) is 0 Å². The summed E-state index contributed by atoms with van der Waals surface area (Å²) in [7, 11) is 0. The average Bonchev–Trinajstić information content (AvgIpc) is 2.60. The number of primary amides is 1. The summed E-state index contributed by atoms with van der Waals surface area (Å²) in [5, 5.41) is 2.34. The van der Waals surface area contributed by atoms with Gasteiger partial charge in [0, 0.05) is 6.42 Å². The summed E-state index contributed by atoms with van der Waals surface area (Å²) in [6, 6.07) is 7.81. The Morgan fingerprint density at radius 2 is 1.68 bits per heavy atom. The van der Waals surface area contributed by atoms with E-state index >= 15 is 0 Å². The summed E-state index contributed by atoms with van der Waals surface area (Å²) in [6.45, 7) is 4.99. The zero-order valence-corrected chi connectivity index (χ0v) is 16.1. The number of hydrazine groups is 1. The Bertz CT molecular complexity index is 687. The highest BCUT2D eigenvalue weighted by Crippen LogP contribution is 2.06. The second-order valence-corrected chi connectivity index (χ2v) is 6.88. The number of nitrogens with one attached hydrogen (secondary N) is 3. The van der Waals surface area contributed by atoms with E-state index in [9.17, 15) is 19.2 Å². The molecule has 0 aromatic heterocycles. The van der Waals surface area contributed by atoms with Crippen molar-refractivity contribution in [3.63, 3.8) is 0 Å². The molecule has 4 amide bonds. The molecule has 1 aromatic rings. The van der Waals surface area contributed by atoms with Gasteiger partial charge in [-0.05, 0) is 32.8 Å². The van der Waals surface area contributed by atoms with Crippen molar-refractivity contribution in [2.75, 3.05) is 0 Å². The van der Waals surface area contributed by atoms with Crippen LogP contribution in [0.3, 0.4) is 0 Å². The summed E-state index contributed by atoms with van der Waals surface area (Å²) in [5.41, 5.74) is 9.30. The molecule has 0 spiro atoms. The number of nitrogens with two attached hydrogens (primary N) is 1. The SMILES string of the molecule is CC(C)(C)OC(=O)NNC(=O)[C@H](CCC(N)=O)NC(=O)OCc1ccccc1. The smallest absolute Gasteiger partial charge is 0.426 e. The van der Waals surface area contributed by atoms with Crippen LogP contribution in [-0.4, -0.2) is 35.6 Å². The van der Waals surface area contributed by atoms with Crippen molar-refractivity contribution in [1.29, 1.82) is 0 Å². The molecule has 154 valence electrons. The molecule has 0 bridgehead atoms. The van der Waals surface area contributed by atoms with Gasteiger partial charge in [0.2, 0.25) is 5.91 Å². The van der Waals surface area contributed by atoms with E-state index in [1.165, 1.54) is 0 Å². The van der Waals surface area contributed by atoms with Crippen molar-refractivity contribution in [2.45, 2.75) is 51.9 Å². The maximum absolute atomic E-state index is 12.2. The lowest BCUT2D eigenvalue weighted by Gasteiger charge is -2.21. The van der Waals surface area contributed by atoms with Crippen molar-refractivity contribution in [3.05, 3.63) is 35.9 Å². The van der Waals surface area contributed by atoms with Crippen LogP contribution in [0.4, 0.5) is 9.59 Å². The predicted molar refractivity (Wildman–Crippen MR) is 99.5 cm³/mol. The minimum Gasteiger partial charge on any atom is -0.445 e. The van der Waals surface area contributed by atoms with Gasteiger partial charge in [0.05, 0.1) is 0 Å². The number of rotatable bonds is 7. The van der Waals surface area contributed by atoms with Gasteiger partial charge in [0.1, 0.15) is 18.2 Å². The van der Waals surface area contributed by atoms with E-state index in [2.05, 4.69) is 16.2 Å². The molecule has 0 saturated heterocycles. The van der Waals surface area contributed by atoms with Gasteiger partial charge in [-0.15, -0.1) is 0 Å². The number of benzene rings is 1. The first-order valence-electron chi connectivity index (χ1n) is 8.61. The Balaban J connectivity index is 2.57. The molecule has 0 radical (unpaired) electrons. The second-order valence-electron chi connectivity index (χ2n) is 6.88. The molecule has 1 rings (SSSR count). The molecule has 0 aliphatic carbocycles. The standard InChI is InChI=1S/C18H26N4O6/c1-18(2,3)28-17(26)22-21-15(24)13(9-10-14(19)23)20-16(25)27-11-12-7-5-4-6-8-12/h4-8,13H,9-11H2,1-3H3,(H2,19,23)(H,20,25)(H,21,24)(H,22,26)/t13-/m0/s1. The van der Waals surface area contributed by atoms with Crippen LogP contribution >= 0.6 is 0 Å².